The standard InChI is InChI=1S/C13H12BrNO3/c1-15-8-7-11(14)12(13(15)16)18-10-5-3-9(17-2)4-6-10/h3-8H,1-2H3. The van der Waals surface area contributed by atoms with Crippen LogP contribution >= 0.6 is 15.9 Å². The summed E-state index contributed by atoms with van der Waals surface area (Å²) in [7, 11) is 3.27. The maximum atomic E-state index is 11.9. The van der Waals surface area contributed by atoms with Crippen molar-refractivity contribution < 1.29 is 9.47 Å². The second kappa shape index (κ2) is 5.27. The van der Waals surface area contributed by atoms with Crippen molar-refractivity contribution in [3.8, 4) is 17.2 Å². The average Bonchev–Trinajstić information content (AvgIpc) is 2.40. The third-order valence-electron chi connectivity index (χ3n) is 2.46. The van der Waals surface area contributed by atoms with Crippen LogP contribution in [0.2, 0.25) is 0 Å². The summed E-state index contributed by atoms with van der Waals surface area (Å²) < 4.78 is 12.7. The van der Waals surface area contributed by atoms with Gasteiger partial charge in [-0.15, -0.1) is 0 Å². The number of aryl methyl sites for hydroxylation is 1. The first-order chi connectivity index (χ1) is 8.61. The molecule has 5 heteroatoms. The SMILES string of the molecule is COc1ccc(Oc2c(Br)ccn(C)c2=O)cc1. The highest BCUT2D eigenvalue weighted by Crippen LogP contribution is 2.26. The fourth-order valence-electron chi connectivity index (χ4n) is 1.44. The van der Waals surface area contributed by atoms with Crippen molar-refractivity contribution >= 4 is 15.9 Å². The summed E-state index contributed by atoms with van der Waals surface area (Å²) in [6.45, 7) is 0. The van der Waals surface area contributed by atoms with Crippen molar-refractivity contribution in [3.63, 3.8) is 0 Å². The highest BCUT2D eigenvalue weighted by molar-refractivity contribution is 9.10. The molecule has 0 fully saturated rings. The fraction of sp³-hybridized carbons (Fsp3) is 0.154. The number of nitrogens with zero attached hydrogens (tertiary/aromatic N) is 1. The zero-order valence-corrected chi connectivity index (χ0v) is 11.6. The van der Waals surface area contributed by atoms with E-state index in [1.807, 2.05) is 0 Å². The first-order valence-corrected chi connectivity index (χ1v) is 6.08. The highest BCUT2D eigenvalue weighted by Gasteiger charge is 2.09. The van der Waals surface area contributed by atoms with Crippen LogP contribution in [0.15, 0.2) is 45.8 Å². The molecule has 0 aliphatic heterocycles. The molecule has 1 aromatic heterocycles. The van der Waals surface area contributed by atoms with E-state index >= 15 is 0 Å². The van der Waals surface area contributed by atoms with Crippen molar-refractivity contribution in [2.24, 2.45) is 7.05 Å². The normalized spacial score (nSPS) is 10.2. The number of pyridine rings is 1. The van der Waals surface area contributed by atoms with Gasteiger partial charge in [0.05, 0.1) is 11.6 Å². The van der Waals surface area contributed by atoms with Crippen LogP contribution in [0.4, 0.5) is 0 Å². The molecule has 2 rings (SSSR count). The first kappa shape index (κ1) is 12.7. The van der Waals surface area contributed by atoms with Crippen LogP contribution in [-0.2, 0) is 7.05 Å². The van der Waals surface area contributed by atoms with E-state index in [0.29, 0.717) is 10.2 Å². The first-order valence-electron chi connectivity index (χ1n) is 5.29. The Hall–Kier alpha value is -1.75. The van der Waals surface area contributed by atoms with Gasteiger partial charge in [0.1, 0.15) is 11.5 Å². The molecule has 0 amide bonds. The molecule has 94 valence electrons. The molecule has 0 radical (unpaired) electrons. The Morgan fingerprint density at radius 3 is 2.33 bits per heavy atom. The van der Waals surface area contributed by atoms with E-state index in [9.17, 15) is 4.79 Å². The summed E-state index contributed by atoms with van der Waals surface area (Å²) in [6.07, 6.45) is 1.67. The highest BCUT2D eigenvalue weighted by atomic mass is 79.9. The predicted molar refractivity (Wildman–Crippen MR) is 72.5 cm³/mol. The lowest BCUT2D eigenvalue weighted by molar-refractivity contribution is 0.412. The van der Waals surface area contributed by atoms with Gasteiger partial charge in [-0.3, -0.25) is 4.79 Å². The molecular weight excluding hydrogens is 298 g/mol. The van der Waals surface area contributed by atoms with Gasteiger partial charge in [0.2, 0.25) is 5.75 Å². The topological polar surface area (TPSA) is 40.5 Å². The maximum absolute atomic E-state index is 11.9. The van der Waals surface area contributed by atoms with E-state index < -0.39 is 0 Å². The second-order valence-corrected chi connectivity index (χ2v) is 4.54. The number of hydrogen-bond donors (Lipinski definition) is 0. The van der Waals surface area contributed by atoms with Crippen molar-refractivity contribution in [3.05, 3.63) is 51.4 Å². The zero-order chi connectivity index (χ0) is 13.1. The van der Waals surface area contributed by atoms with Crippen molar-refractivity contribution in [2.75, 3.05) is 7.11 Å². The minimum atomic E-state index is -0.194. The molecule has 0 saturated carbocycles. The van der Waals surface area contributed by atoms with Crippen molar-refractivity contribution in [1.82, 2.24) is 4.57 Å². The summed E-state index contributed by atoms with van der Waals surface area (Å²) in [5, 5.41) is 0. The summed E-state index contributed by atoms with van der Waals surface area (Å²) in [6, 6.07) is 8.81. The molecule has 1 aromatic carbocycles. The van der Waals surface area contributed by atoms with Gasteiger partial charge in [-0.25, -0.2) is 0 Å². The molecule has 0 aliphatic carbocycles. The summed E-state index contributed by atoms with van der Waals surface area (Å²) in [5.74, 6) is 1.59. The number of hydrogen-bond acceptors (Lipinski definition) is 3. The molecule has 4 nitrogen and oxygen atoms in total. The molecule has 0 N–H and O–H groups in total. The number of methoxy groups -OCH3 is 1. The Kier molecular flexibility index (Phi) is 3.72. The van der Waals surface area contributed by atoms with E-state index in [1.165, 1.54) is 4.57 Å². The average molecular weight is 310 g/mol. The number of ether oxygens (including phenoxy) is 2. The smallest absolute Gasteiger partial charge is 0.294 e. The van der Waals surface area contributed by atoms with Gasteiger partial charge < -0.3 is 14.0 Å². The lowest BCUT2D eigenvalue weighted by Crippen LogP contribution is -2.17. The molecule has 0 spiro atoms. The van der Waals surface area contributed by atoms with Gasteiger partial charge >= 0.3 is 0 Å². The molecule has 0 bridgehead atoms. The van der Waals surface area contributed by atoms with E-state index in [1.54, 1.807) is 50.7 Å². The molecule has 1 heterocycles. The van der Waals surface area contributed by atoms with Crippen LogP contribution < -0.4 is 15.0 Å². The van der Waals surface area contributed by atoms with E-state index in [2.05, 4.69) is 15.9 Å². The number of rotatable bonds is 3. The number of aromatic nitrogens is 1. The van der Waals surface area contributed by atoms with E-state index in [-0.39, 0.29) is 11.3 Å². The predicted octanol–water partition coefficient (Wildman–Crippen LogP) is 2.95. The fourth-order valence-corrected chi connectivity index (χ4v) is 1.81. The van der Waals surface area contributed by atoms with Gasteiger partial charge in [-0.05, 0) is 46.3 Å². The summed E-state index contributed by atoms with van der Waals surface area (Å²) >= 11 is 3.30. The Morgan fingerprint density at radius 1 is 1.11 bits per heavy atom. The summed E-state index contributed by atoms with van der Waals surface area (Å²) in [4.78, 5) is 11.9. The Morgan fingerprint density at radius 2 is 1.72 bits per heavy atom. The minimum absolute atomic E-state index is 0.194. The van der Waals surface area contributed by atoms with Gasteiger partial charge in [0, 0.05) is 13.2 Å². The number of benzene rings is 1. The van der Waals surface area contributed by atoms with Crippen LogP contribution in [0.1, 0.15) is 0 Å². The van der Waals surface area contributed by atoms with Crippen molar-refractivity contribution in [2.45, 2.75) is 0 Å². The van der Waals surface area contributed by atoms with E-state index in [4.69, 9.17) is 9.47 Å². The van der Waals surface area contributed by atoms with Crippen molar-refractivity contribution in [1.29, 1.82) is 0 Å². The van der Waals surface area contributed by atoms with Gasteiger partial charge in [-0.2, -0.15) is 0 Å². The number of halogens is 1. The van der Waals surface area contributed by atoms with Crippen LogP contribution in [-0.4, -0.2) is 11.7 Å². The summed E-state index contributed by atoms with van der Waals surface area (Å²) in [5.41, 5.74) is -0.194. The monoisotopic (exact) mass is 309 g/mol. The molecule has 0 aliphatic rings. The molecule has 18 heavy (non-hydrogen) atoms. The Balaban J connectivity index is 2.33. The van der Waals surface area contributed by atoms with Crippen LogP contribution in [0, 0.1) is 0 Å². The lowest BCUT2D eigenvalue weighted by atomic mass is 10.3. The van der Waals surface area contributed by atoms with Gasteiger partial charge in [-0.1, -0.05) is 0 Å². The third-order valence-corrected chi connectivity index (χ3v) is 3.08. The lowest BCUT2D eigenvalue weighted by Gasteiger charge is -2.08. The van der Waals surface area contributed by atoms with Crippen LogP contribution in [0.5, 0.6) is 17.2 Å². The molecule has 0 atom stereocenters. The third kappa shape index (κ3) is 2.56. The van der Waals surface area contributed by atoms with Gasteiger partial charge in [0.15, 0.2) is 0 Å². The van der Waals surface area contributed by atoms with Crippen LogP contribution in [0.3, 0.4) is 0 Å². The second-order valence-electron chi connectivity index (χ2n) is 3.69. The molecule has 2 aromatic rings. The Bertz CT molecular complexity index is 605. The quantitative estimate of drug-likeness (QED) is 0.875. The molecule has 0 saturated heterocycles. The minimum Gasteiger partial charge on any atom is -0.497 e. The zero-order valence-electron chi connectivity index (χ0n) is 10.0. The molecular formula is C13H12BrNO3. The van der Waals surface area contributed by atoms with Crippen LogP contribution in [0.25, 0.3) is 0 Å². The maximum Gasteiger partial charge on any atom is 0.294 e. The molecule has 0 unspecified atom stereocenters. The van der Waals surface area contributed by atoms with E-state index in [0.717, 1.165) is 5.75 Å². The largest absolute Gasteiger partial charge is 0.497 e. The Labute approximate surface area is 113 Å². The van der Waals surface area contributed by atoms with Gasteiger partial charge in [0.25, 0.3) is 5.56 Å².